The summed E-state index contributed by atoms with van der Waals surface area (Å²) >= 11 is 0. The van der Waals surface area contributed by atoms with Crippen molar-refractivity contribution in [3.8, 4) is 0 Å². The number of fused-ring (bicyclic) bond motifs is 1. The standard InChI is InChI=1S/C8H6N2O2/c9-8(11)7-1-5-3-12-4-6(5)2-10-7/h1-4H,(H2,9,11). The molecule has 0 bridgehead atoms. The van der Waals surface area contributed by atoms with Crippen LogP contribution >= 0.6 is 0 Å². The fraction of sp³-hybridized carbons (Fsp3) is 0. The van der Waals surface area contributed by atoms with Crippen LogP contribution in [0.5, 0.6) is 0 Å². The minimum absolute atomic E-state index is 0.254. The number of carbonyl (C=O) groups excluding carboxylic acids is 1. The Bertz CT molecular complexity index is 433. The monoisotopic (exact) mass is 162 g/mol. The number of nitrogens with zero attached hydrogens (tertiary/aromatic N) is 1. The molecule has 1 amide bonds. The molecule has 0 saturated heterocycles. The Labute approximate surface area is 68.0 Å². The molecule has 12 heavy (non-hydrogen) atoms. The lowest BCUT2D eigenvalue weighted by Crippen LogP contribution is -2.12. The van der Waals surface area contributed by atoms with Crippen molar-refractivity contribution >= 4 is 16.7 Å². The second-order valence-corrected chi connectivity index (χ2v) is 2.43. The summed E-state index contributed by atoms with van der Waals surface area (Å²) in [5.74, 6) is -0.530. The van der Waals surface area contributed by atoms with Gasteiger partial charge in [0, 0.05) is 17.0 Å². The van der Waals surface area contributed by atoms with E-state index in [0.29, 0.717) is 0 Å². The molecular weight excluding hydrogens is 156 g/mol. The zero-order chi connectivity index (χ0) is 8.55. The average Bonchev–Trinajstić information content (AvgIpc) is 2.49. The zero-order valence-corrected chi connectivity index (χ0v) is 6.15. The first-order valence-electron chi connectivity index (χ1n) is 3.39. The molecule has 0 unspecified atom stereocenters. The summed E-state index contributed by atoms with van der Waals surface area (Å²) in [6.07, 6.45) is 4.66. The lowest BCUT2D eigenvalue weighted by Gasteiger charge is -1.92. The predicted octanol–water partition coefficient (Wildman–Crippen LogP) is 0.927. The Balaban J connectivity index is 2.68. The molecule has 4 heteroatoms. The largest absolute Gasteiger partial charge is 0.471 e. The molecule has 0 aliphatic carbocycles. The molecule has 4 nitrogen and oxygen atoms in total. The summed E-state index contributed by atoms with van der Waals surface area (Å²) in [5.41, 5.74) is 5.30. The highest BCUT2D eigenvalue weighted by Gasteiger charge is 2.03. The number of furan rings is 1. The molecule has 0 aromatic carbocycles. The SMILES string of the molecule is NC(=O)c1cc2cocc2cn1. The fourth-order valence-electron chi connectivity index (χ4n) is 0.997. The van der Waals surface area contributed by atoms with Gasteiger partial charge in [-0.25, -0.2) is 0 Å². The van der Waals surface area contributed by atoms with Gasteiger partial charge in [-0.15, -0.1) is 0 Å². The van der Waals surface area contributed by atoms with Crippen LogP contribution in [0.4, 0.5) is 0 Å². The van der Waals surface area contributed by atoms with E-state index in [0.717, 1.165) is 10.8 Å². The highest BCUT2D eigenvalue weighted by atomic mass is 16.3. The molecule has 0 aliphatic heterocycles. The summed E-state index contributed by atoms with van der Waals surface area (Å²) in [4.78, 5) is 14.5. The fourth-order valence-corrected chi connectivity index (χ4v) is 0.997. The molecule has 0 radical (unpaired) electrons. The lowest BCUT2D eigenvalue weighted by molar-refractivity contribution is 0.0996. The van der Waals surface area contributed by atoms with Gasteiger partial charge >= 0.3 is 0 Å². The average molecular weight is 162 g/mol. The van der Waals surface area contributed by atoms with Crippen molar-refractivity contribution in [1.29, 1.82) is 0 Å². The van der Waals surface area contributed by atoms with Gasteiger partial charge in [0.1, 0.15) is 5.69 Å². The van der Waals surface area contributed by atoms with Crippen LogP contribution in [0.3, 0.4) is 0 Å². The van der Waals surface area contributed by atoms with Gasteiger partial charge in [-0.3, -0.25) is 9.78 Å². The van der Waals surface area contributed by atoms with E-state index < -0.39 is 5.91 Å². The third kappa shape index (κ3) is 0.934. The van der Waals surface area contributed by atoms with Crippen molar-refractivity contribution in [2.75, 3.05) is 0 Å². The topological polar surface area (TPSA) is 69.1 Å². The van der Waals surface area contributed by atoms with E-state index in [1.54, 1.807) is 24.8 Å². The van der Waals surface area contributed by atoms with Crippen LogP contribution in [0, 0.1) is 0 Å². The maximum atomic E-state index is 10.7. The third-order valence-corrected chi connectivity index (χ3v) is 1.61. The van der Waals surface area contributed by atoms with E-state index in [-0.39, 0.29) is 5.69 Å². The van der Waals surface area contributed by atoms with E-state index in [9.17, 15) is 4.79 Å². The van der Waals surface area contributed by atoms with Gasteiger partial charge in [-0.2, -0.15) is 0 Å². The summed E-state index contributed by atoms with van der Waals surface area (Å²) in [6, 6.07) is 1.60. The second kappa shape index (κ2) is 2.34. The summed E-state index contributed by atoms with van der Waals surface area (Å²) < 4.78 is 4.91. The van der Waals surface area contributed by atoms with Crippen molar-refractivity contribution in [2.45, 2.75) is 0 Å². The smallest absolute Gasteiger partial charge is 0.267 e. The maximum absolute atomic E-state index is 10.7. The first kappa shape index (κ1) is 6.84. The number of amides is 1. The molecule has 0 atom stereocenters. The van der Waals surface area contributed by atoms with Crippen molar-refractivity contribution in [1.82, 2.24) is 4.98 Å². The maximum Gasteiger partial charge on any atom is 0.267 e. The van der Waals surface area contributed by atoms with Crippen molar-refractivity contribution in [3.63, 3.8) is 0 Å². The van der Waals surface area contributed by atoms with Crippen molar-refractivity contribution in [2.24, 2.45) is 5.73 Å². The molecule has 2 aromatic heterocycles. The first-order valence-corrected chi connectivity index (χ1v) is 3.39. The van der Waals surface area contributed by atoms with Crippen molar-refractivity contribution < 1.29 is 9.21 Å². The lowest BCUT2D eigenvalue weighted by atomic mass is 10.2. The summed E-state index contributed by atoms with van der Waals surface area (Å²) in [7, 11) is 0. The van der Waals surface area contributed by atoms with Crippen LogP contribution < -0.4 is 5.73 Å². The number of aromatic nitrogens is 1. The molecule has 0 saturated carbocycles. The molecule has 2 N–H and O–H groups in total. The Morgan fingerprint density at radius 1 is 1.42 bits per heavy atom. The van der Waals surface area contributed by atoms with Crippen LogP contribution in [0.1, 0.15) is 10.5 Å². The number of nitrogens with two attached hydrogens (primary N) is 1. The number of rotatable bonds is 1. The minimum Gasteiger partial charge on any atom is -0.471 e. The molecule has 60 valence electrons. The normalized spacial score (nSPS) is 10.3. The number of primary amides is 1. The predicted molar refractivity (Wildman–Crippen MR) is 42.5 cm³/mol. The summed E-state index contributed by atoms with van der Waals surface area (Å²) in [5, 5.41) is 1.69. The van der Waals surface area contributed by atoms with E-state index in [2.05, 4.69) is 4.98 Å². The van der Waals surface area contributed by atoms with Crippen LogP contribution in [0.25, 0.3) is 10.8 Å². The molecule has 2 rings (SSSR count). The van der Waals surface area contributed by atoms with E-state index in [1.165, 1.54) is 0 Å². The van der Waals surface area contributed by atoms with E-state index in [1.807, 2.05) is 0 Å². The first-order chi connectivity index (χ1) is 5.77. The van der Waals surface area contributed by atoms with Gasteiger partial charge in [0.15, 0.2) is 0 Å². The van der Waals surface area contributed by atoms with Gasteiger partial charge < -0.3 is 10.2 Å². The van der Waals surface area contributed by atoms with Gasteiger partial charge in [-0.05, 0) is 6.07 Å². The summed E-state index contributed by atoms with van der Waals surface area (Å²) in [6.45, 7) is 0. The quantitative estimate of drug-likeness (QED) is 0.678. The van der Waals surface area contributed by atoms with E-state index >= 15 is 0 Å². The zero-order valence-electron chi connectivity index (χ0n) is 6.15. The van der Waals surface area contributed by atoms with Crippen LogP contribution in [0.2, 0.25) is 0 Å². The van der Waals surface area contributed by atoms with Crippen molar-refractivity contribution in [3.05, 3.63) is 30.5 Å². The molecule has 2 heterocycles. The van der Waals surface area contributed by atoms with Crippen LogP contribution in [-0.2, 0) is 0 Å². The Hall–Kier alpha value is -1.84. The Kier molecular flexibility index (Phi) is 1.33. The molecule has 0 spiro atoms. The minimum atomic E-state index is -0.530. The Morgan fingerprint density at radius 3 is 2.92 bits per heavy atom. The molecule has 0 fully saturated rings. The van der Waals surface area contributed by atoms with Gasteiger partial charge in [-0.1, -0.05) is 0 Å². The third-order valence-electron chi connectivity index (χ3n) is 1.61. The van der Waals surface area contributed by atoms with Gasteiger partial charge in [0.25, 0.3) is 5.91 Å². The number of pyridine rings is 1. The number of carbonyl (C=O) groups is 1. The highest BCUT2D eigenvalue weighted by molar-refractivity contribution is 5.94. The second-order valence-electron chi connectivity index (χ2n) is 2.43. The van der Waals surface area contributed by atoms with Gasteiger partial charge in [0.2, 0.25) is 0 Å². The molecule has 0 aliphatic rings. The number of hydrogen-bond acceptors (Lipinski definition) is 3. The number of hydrogen-bond donors (Lipinski definition) is 1. The molecule has 2 aromatic rings. The molecular formula is C8H6N2O2. The highest BCUT2D eigenvalue weighted by Crippen LogP contribution is 2.14. The van der Waals surface area contributed by atoms with E-state index in [4.69, 9.17) is 10.2 Å². The Morgan fingerprint density at radius 2 is 2.17 bits per heavy atom. The van der Waals surface area contributed by atoms with Crippen LogP contribution in [-0.4, -0.2) is 10.9 Å². The van der Waals surface area contributed by atoms with Crippen LogP contribution in [0.15, 0.2) is 29.2 Å². The van der Waals surface area contributed by atoms with Gasteiger partial charge in [0.05, 0.1) is 12.5 Å².